The molecule has 0 atom stereocenters. The van der Waals surface area contributed by atoms with Gasteiger partial charge in [-0.25, -0.2) is 0 Å². The van der Waals surface area contributed by atoms with E-state index in [1.807, 2.05) is 0 Å². The van der Waals surface area contributed by atoms with E-state index in [0.29, 0.717) is 19.4 Å². The third kappa shape index (κ3) is 4.07. The molecule has 0 aromatic heterocycles. The van der Waals surface area contributed by atoms with Crippen molar-refractivity contribution in [2.75, 3.05) is 33.4 Å². The van der Waals surface area contributed by atoms with Gasteiger partial charge in [-0.15, -0.1) is 0 Å². The summed E-state index contributed by atoms with van der Waals surface area (Å²) in [6, 6.07) is 0. The summed E-state index contributed by atoms with van der Waals surface area (Å²) >= 11 is 0. The van der Waals surface area contributed by atoms with Crippen molar-refractivity contribution in [3.05, 3.63) is 0 Å². The van der Waals surface area contributed by atoms with Crippen LogP contribution in [-0.2, 0) is 14.3 Å². The van der Waals surface area contributed by atoms with Crippen molar-refractivity contribution in [1.82, 2.24) is 4.90 Å². The maximum Gasteiger partial charge on any atom is 0.223 e. The largest absolute Gasteiger partial charge is 0.383 e. The maximum absolute atomic E-state index is 11.7. The minimum Gasteiger partial charge on any atom is -0.383 e. The van der Waals surface area contributed by atoms with Gasteiger partial charge in [0.25, 0.3) is 0 Å². The molecular formula is C13H24N2O3. The number of carbonyl (C=O) groups excluding carboxylic acids is 2. The average molecular weight is 256 g/mol. The van der Waals surface area contributed by atoms with Crippen LogP contribution in [-0.4, -0.2) is 49.9 Å². The highest BCUT2D eigenvalue weighted by Crippen LogP contribution is 2.35. The number of primary amides is 1. The van der Waals surface area contributed by atoms with Crippen LogP contribution in [0, 0.1) is 5.41 Å². The van der Waals surface area contributed by atoms with Crippen LogP contribution in [0.1, 0.15) is 32.6 Å². The summed E-state index contributed by atoms with van der Waals surface area (Å²) in [5, 5.41) is 0. The lowest BCUT2D eigenvalue weighted by atomic mass is 9.74. The van der Waals surface area contributed by atoms with Crippen LogP contribution < -0.4 is 5.73 Å². The lowest BCUT2D eigenvalue weighted by Gasteiger charge is -2.39. The van der Waals surface area contributed by atoms with Gasteiger partial charge in [0.05, 0.1) is 12.0 Å². The number of rotatable bonds is 7. The molecule has 0 radical (unpaired) electrons. The van der Waals surface area contributed by atoms with E-state index in [2.05, 4.69) is 4.90 Å². The minimum absolute atomic E-state index is 0.123. The van der Waals surface area contributed by atoms with E-state index in [0.717, 1.165) is 32.5 Å². The second-order valence-corrected chi connectivity index (χ2v) is 5.18. The van der Waals surface area contributed by atoms with E-state index in [9.17, 15) is 9.59 Å². The Bertz CT molecular complexity index is 297. The molecule has 0 saturated carbocycles. The van der Waals surface area contributed by atoms with Crippen LogP contribution >= 0.6 is 0 Å². The van der Waals surface area contributed by atoms with Crippen molar-refractivity contribution in [3.63, 3.8) is 0 Å². The summed E-state index contributed by atoms with van der Waals surface area (Å²) in [5.74, 6) is -0.132. The normalized spacial score (nSPS) is 19.7. The van der Waals surface area contributed by atoms with Gasteiger partial charge in [-0.1, -0.05) is 0 Å². The van der Waals surface area contributed by atoms with Crippen LogP contribution in [0.4, 0.5) is 0 Å². The van der Waals surface area contributed by atoms with Gasteiger partial charge < -0.3 is 20.2 Å². The lowest BCUT2D eigenvalue weighted by molar-refractivity contribution is -0.131. The molecule has 1 heterocycles. The van der Waals surface area contributed by atoms with Gasteiger partial charge in [0.15, 0.2) is 0 Å². The molecule has 2 N–H and O–H groups in total. The van der Waals surface area contributed by atoms with Crippen molar-refractivity contribution >= 4 is 11.7 Å². The first kappa shape index (κ1) is 15.1. The highest BCUT2D eigenvalue weighted by molar-refractivity contribution is 5.82. The molecule has 1 fully saturated rings. The van der Waals surface area contributed by atoms with E-state index in [-0.39, 0.29) is 11.7 Å². The monoisotopic (exact) mass is 256 g/mol. The molecule has 1 saturated heterocycles. The fourth-order valence-corrected chi connectivity index (χ4v) is 2.46. The van der Waals surface area contributed by atoms with E-state index in [1.165, 1.54) is 0 Å². The summed E-state index contributed by atoms with van der Waals surface area (Å²) in [5.41, 5.74) is 5.06. The number of Topliss-reactive ketones (excluding diaryl/α,β-unsaturated/α-hetero) is 1. The Hall–Kier alpha value is -0.940. The first-order valence-electron chi connectivity index (χ1n) is 6.51. The van der Waals surface area contributed by atoms with Crippen molar-refractivity contribution in [3.8, 4) is 0 Å². The Balaban J connectivity index is 2.51. The summed E-state index contributed by atoms with van der Waals surface area (Å²) in [6.45, 7) is 4.85. The standard InChI is InChI=1S/C13H24N2O3/c1-11(16)3-4-13(12(14)17)5-7-15(8-6-13)9-10-18-2/h3-10H2,1-2H3,(H2,14,17). The molecule has 0 aromatic rings. The lowest BCUT2D eigenvalue weighted by Crippen LogP contribution is -2.48. The smallest absolute Gasteiger partial charge is 0.223 e. The van der Waals surface area contributed by atoms with Crippen LogP contribution in [0.2, 0.25) is 0 Å². The van der Waals surface area contributed by atoms with Crippen LogP contribution in [0.5, 0.6) is 0 Å². The molecule has 1 amide bonds. The van der Waals surface area contributed by atoms with Crippen molar-refractivity contribution in [2.45, 2.75) is 32.6 Å². The number of ether oxygens (including phenoxy) is 1. The second kappa shape index (κ2) is 6.85. The number of likely N-dealkylation sites (tertiary alicyclic amines) is 1. The number of carbonyl (C=O) groups is 2. The molecule has 0 aliphatic carbocycles. The third-order valence-corrected chi connectivity index (χ3v) is 3.90. The zero-order valence-corrected chi connectivity index (χ0v) is 11.4. The fraction of sp³-hybridized carbons (Fsp3) is 0.846. The molecule has 0 unspecified atom stereocenters. The number of nitrogens with zero attached hydrogens (tertiary/aromatic N) is 1. The molecule has 0 bridgehead atoms. The molecule has 0 aromatic carbocycles. The Morgan fingerprint density at radius 3 is 2.39 bits per heavy atom. The van der Waals surface area contributed by atoms with E-state index < -0.39 is 5.41 Å². The van der Waals surface area contributed by atoms with E-state index in [4.69, 9.17) is 10.5 Å². The average Bonchev–Trinajstić information content (AvgIpc) is 2.35. The Labute approximate surface area is 109 Å². The van der Waals surface area contributed by atoms with Crippen LogP contribution in [0.3, 0.4) is 0 Å². The number of ketones is 1. The van der Waals surface area contributed by atoms with Gasteiger partial charge in [-0.05, 0) is 39.3 Å². The summed E-state index contributed by atoms with van der Waals surface area (Å²) in [7, 11) is 1.69. The van der Waals surface area contributed by atoms with Crippen LogP contribution in [0.15, 0.2) is 0 Å². The number of piperidine rings is 1. The predicted octanol–water partition coefficient (Wildman–Crippen LogP) is 0.570. The third-order valence-electron chi connectivity index (χ3n) is 3.90. The van der Waals surface area contributed by atoms with Crippen molar-refractivity contribution < 1.29 is 14.3 Å². The van der Waals surface area contributed by atoms with Gasteiger partial charge in [0.1, 0.15) is 5.78 Å². The molecule has 5 heteroatoms. The molecule has 0 spiro atoms. The number of methoxy groups -OCH3 is 1. The molecule has 1 rings (SSSR count). The van der Waals surface area contributed by atoms with Gasteiger partial charge in [0, 0.05) is 20.1 Å². The molecule has 1 aliphatic heterocycles. The number of hydrogen-bond acceptors (Lipinski definition) is 4. The summed E-state index contributed by atoms with van der Waals surface area (Å²) in [6.07, 6.45) is 2.54. The zero-order chi connectivity index (χ0) is 13.6. The van der Waals surface area contributed by atoms with Crippen molar-refractivity contribution in [1.29, 1.82) is 0 Å². The van der Waals surface area contributed by atoms with E-state index in [1.54, 1.807) is 14.0 Å². The molecule has 18 heavy (non-hydrogen) atoms. The first-order chi connectivity index (χ1) is 8.50. The number of nitrogens with two attached hydrogens (primary N) is 1. The Morgan fingerprint density at radius 1 is 1.33 bits per heavy atom. The molecule has 5 nitrogen and oxygen atoms in total. The van der Waals surface area contributed by atoms with Crippen LogP contribution in [0.25, 0.3) is 0 Å². The van der Waals surface area contributed by atoms with Gasteiger partial charge in [-0.2, -0.15) is 0 Å². The molecular weight excluding hydrogens is 232 g/mol. The number of hydrogen-bond donors (Lipinski definition) is 1. The highest BCUT2D eigenvalue weighted by Gasteiger charge is 2.39. The number of amides is 1. The predicted molar refractivity (Wildman–Crippen MR) is 69.1 cm³/mol. The fourth-order valence-electron chi connectivity index (χ4n) is 2.46. The van der Waals surface area contributed by atoms with Gasteiger partial charge in [0.2, 0.25) is 5.91 Å². The quantitative estimate of drug-likeness (QED) is 0.723. The highest BCUT2D eigenvalue weighted by atomic mass is 16.5. The first-order valence-corrected chi connectivity index (χ1v) is 6.51. The van der Waals surface area contributed by atoms with Gasteiger partial charge in [-0.3, -0.25) is 4.79 Å². The summed E-state index contributed by atoms with van der Waals surface area (Å²) < 4.78 is 5.05. The Morgan fingerprint density at radius 2 is 1.94 bits per heavy atom. The van der Waals surface area contributed by atoms with E-state index >= 15 is 0 Å². The van der Waals surface area contributed by atoms with Gasteiger partial charge >= 0.3 is 0 Å². The maximum atomic E-state index is 11.7. The Kier molecular flexibility index (Phi) is 5.75. The molecule has 1 aliphatic rings. The van der Waals surface area contributed by atoms with Crippen molar-refractivity contribution in [2.24, 2.45) is 11.1 Å². The summed E-state index contributed by atoms with van der Waals surface area (Å²) in [4.78, 5) is 25.0. The topological polar surface area (TPSA) is 72.6 Å². The second-order valence-electron chi connectivity index (χ2n) is 5.18. The minimum atomic E-state index is -0.477. The SMILES string of the molecule is COCCN1CCC(CCC(C)=O)(C(N)=O)CC1. The zero-order valence-electron chi connectivity index (χ0n) is 11.4. The molecule has 104 valence electrons.